The van der Waals surface area contributed by atoms with Crippen LogP contribution in [0.15, 0.2) is 66.5 Å². The topological polar surface area (TPSA) is 103 Å². The summed E-state index contributed by atoms with van der Waals surface area (Å²) in [5.74, 6) is 0. The highest BCUT2D eigenvalue weighted by molar-refractivity contribution is 7.90. The van der Waals surface area contributed by atoms with Crippen molar-refractivity contribution in [3.63, 3.8) is 0 Å². The molecule has 0 unspecified atom stereocenters. The molecule has 0 N–H and O–H groups in total. The lowest BCUT2D eigenvalue weighted by Crippen LogP contribution is -2.39. The lowest BCUT2D eigenvalue weighted by Gasteiger charge is -2.34. The zero-order valence-corrected chi connectivity index (χ0v) is 20.4. The van der Waals surface area contributed by atoms with Gasteiger partial charge >= 0.3 is 10.0 Å². The maximum Gasteiger partial charge on any atom is 0.301 e. The third-order valence-electron chi connectivity index (χ3n) is 6.80. The van der Waals surface area contributed by atoms with Crippen LogP contribution < -0.4 is 0 Å². The molecule has 1 aliphatic heterocycles. The Bertz CT molecular complexity index is 1620. The SMILES string of the molecule is CC(C)N1CCC(n2cc(-c3cnc4cnn(S(=O)(=O)c5cnc6ccccn56)c4c3)cn2)CC1. The van der Waals surface area contributed by atoms with E-state index in [0.717, 1.165) is 41.1 Å². The summed E-state index contributed by atoms with van der Waals surface area (Å²) in [4.78, 5) is 11.2. The van der Waals surface area contributed by atoms with E-state index in [1.807, 2.05) is 23.1 Å². The minimum Gasteiger partial charge on any atom is -0.301 e. The highest BCUT2D eigenvalue weighted by atomic mass is 32.2. The second-order valence-corrected chi connectivity index (χ2v) is 10.9. The average Bonchev–Trinajstić information content (AvgIpc) is 3.62. The molecule has 5 aromatic heterocycles. The average molecular weight is 491 g/mol. The number of pyridine rings is 2. The van der Waals surface area contributed by atoms with Gasteiger partial charge in [0.15, 0.2) is 5.03 Å². The molecule has 0 bridgehead atoms. The highest BCUT2D eigenvalue weighted by Gasteiger charge is 2.26. The van der Waals surface area contributed by atoms with Gasteiger partial charge in [-0.3, -0.25) is 14.1 Å². The molecule has 6 rings (SSSR count). The predicted octanol–water partition coefficient (Wildman–Crippen LogP) is 3.22. The van der Waals surface area contributed by atoms with Crippen LogP contribution in [0.2, 0.25) is 0 Å². The molecule has 11 heteroatoms. The maximum atomic E-state index is 13.5. The van der Waals surface area contributed by atoms with Gasteiger partial charge in [0.05, 0.1) is 24.6 Å². The van der Waals surface area contributed by atoms with Crippen LogP contribution in [0.3, 0.4) is 0 Å². The van der Waals surface area contributed by atoms with Gasteiger partial charge in [0.1, 0.15) is 16.7 Å². The van der Waals surface area contributed by atoms with E-state index in [4.69, 9.17) is 0 Å². The Morgan fingerprint density at radius 3 is 2.60 bits per heavy atom. The Kier molecular flexibility index (Phi) is 5.19. The van der Waals surface area contributed by atoms with E-state index in [-0.39, 0.29) is 5.03 Å². The van der Waals surface area contributed by atoms with Crippen molar-refractivity contribution < 1.29 is 8.42 Å². The minimum absolute atomic E-state index is 0.0454. The largest absolute Gasteiger partial charge is 0.301 e. The van der Waals surface area contributed by atoms with Crippen molar-refractivity contribution in [2.75, 3.05) is 13.1 Å². The molecule has 0 saturated carbocycles. The van der Waals surface area contributed by atoms with Gasteiger partial charge in [-0.2, -0.15) is 22.7 Å². The van der Waals surface area contributed by atoms with Gasteiger partial charge in [-0.25, -0.2) is 4.98 Å². The van der Waals surface area contributed by atoms with E-state index in [9.17, 15) is 8.42 Å². The van der Waals surface area contributed by atoms with Crippen molar-refractivity contribution in [3.8, 4) is 11.1 Å². The van der Waals surface area contributed by atoms with Gasteiger partial charge in [-0.05, 0) is 44.9 Å². The summed E-state index contributed by atoms with van der Waals surface area (Å²) in [6.07, 6.45) is 12.2. The molecule has 1 fully saturated rings. The molecule has 0 atom stereocenters. The molecule has 0 amide bonds. The molecule has 1 aliphatic rings. The monoisotopic (exact) mass is 490 g/mol. The number of hydrogen-bond acceptors (Lipinski definition) is 7. The molecular formula is C24H26N8O2S. The summed E-state index contributed by atoms with van der Waals surface area (Å²) in [6, 6.07) is 8.05. The van der Waals surface area contributed by atoms with Crippen LogP contribution in [-0.2, 0) is 10.0 Å². The van der Waals surface area contributed by atoms with E-state index in [0.29, 0.717) is 28.8 Å². The first kappa shape index (κ1) is 21.9. The Morgan fingerprint density at radius 2 is 1.80 bits per heavy atom. The molecule has 6 heterocycles. The molecule has 0 aromatic carbocycles. The van der Waals surface area contributed by atoms with Gasteiger partial charge in [0, 0.05) is 48.8 Å². The first-order valence-electron chi connectivity index (χ1n) is 11.7. The fourth-order valence-corrected chi connectivity index (χ4v) is 6.12. The lowest BCUT2D eigenvalue weighted by atomic mass is 10.0. The summed E-state index contributed by atoms with van der Waals surface area (Å²) in [5.41, 5.74) is 3.14. The number of rotatable bonds is 5. The Balaban J connectivity index is 1.33. The number of fused-ring (bicyclic) bond motifs is 2. The lowest BCUT2D eigenvalue weighted by molar-refractivity contribution is 0.147. The van der Waals surface area contributed by atoms with Gasteiger partial charge in [0.25, 0.3) is 0 Å². The minimum atomic E-state index is -3.99. The van der Waals surface area contributed by atoms with Crippen LogP contribution in [0, 0.1) is 0 Å². The number of piperidine rings is 1. The van der Waals surface area contributed by atoms with E-state index in [2.05, 4.69) is 38.9 Å². The van der Waals surface area contributed by atoms with Gasteiger partial charge < -0.3 is 4.90 Å². The first-order chi connectivity index (χ1) is 16.9. The smallest absolute Gasteiger partial charge is 0.301 e. The van der Waals surface area contributed by atoms with Crippen molar-refractivity contribution >= 4 is 26.7 Å². The molecule has 10 nitrogen and oxygen atoms in total. The summed E-state index contributed by atoms with van der Waals surface area (Å²) < 4.78 is 31.6. The fraction of sp³-hybridized carbons (Fsp3) is 0.333. The van der Waals surface area contributed by atoms with E-state index in [1.54, 1.807) is 30.6 Å². The number of aromatic nitrogens is 7. The summed E-state index contributed by atoms with van der Waals surface area (Å²) >= 11 is 0. The quantitative estimate of drug-likeness (QED) is 0.373. The van der Waals surface area contributed by atoms with Gasteiger partial charge in [0.2, 0.25) is 0 Å². The van der Waals surface area contributed by atoms with Gasteiger partial charge in [-0.15, -0.1) is 0 Å². The normalized spacial score (nSPS) is 16.1. The molecule has 35 heavy (non-hydrogen) atoms. The fourth-order valence-electron chi connectivity index (χ4n) is 4.78. The molecule has 1 saturated heterocycles. The standard InChI is InChI=1S/C24H26N8O2S/c1-17(2)29-9-6-20(7-10-29)31-16-19(13-27-31)18-11-22-21(25-12-18)14-28-32(22)35(33,34)24-15-26-23-5-3-4-8-30(23)24/h3-5,8,11-17,20H,6-7,9-10H2,1-2H3. The Morgan fingerprint density at radius 1 is 0.971 bits per heavy atom. The molecule has 180 valence electrons. The zero-order chi connectivity index (χ0) is 24.2. The molecule has 0 aliphatic carbocycles. The molecule has 0 radical (unpaired) electrons. The Labute approximate surface area is 202 Å². The number of likely N-dealkylation sites (tertiary alicyclic amines) is 1. The highest BCUT2D eigenvalue weighted by Crippen LogP contribution is 2.28. The number of imidazole rings is 1. The van der Waals surface area contributed by atoms with Crippen molar-refractivity contribution in [1.29, 1.82) is 0 Å². The Hall–Kier alpha value is -3.57. The first-order valence-corrected chi connectivity index (χ1v) is 13.2. The molecule has 5 aromatic rings. The summed E-state index contributed by atoms with van der Waals surface area (Å²) in [6.45, 7) is 6.59. The third-order valence-corrected chi connectivity index (χ3v) is 8.38. The van der Waals surface area contributed by atoms with Crippen LogP contribution in [0.1, 0.15) is 32.7 Å². The predicted molar refractivity (Wildman–Crippen MR) is 132 cm³/mol. The summed E-state index contributed by atoms with van der Waals surface area (Å²) in [5, 5.41) is 8.83. The maximum absolute atomic E-state index is 13.5. The van der Waals surface area contributed by atoms with Crippen molar-refractivity contribution in [3.05, 3.63) is 61.4 Å². The number of hydrogen-bond donors (Lipinski definition) is 0. The third kappa shape index (κ3) is 3.71. The zero-order valence-electron chi connectivity index (χ0n) is 19.6. The van der Waals surface area contributed by atoms with Crippen LogP contribution in [0.5, 0.6) is 0 Å². The van der Waals surface area contributed by atoms with Crippen molar-refractivity contribution in [2.45, 2.75) is 43.8 Å². The van der Waals surface area contributed by atoms with Crippen molar-refractivity contribution in [2.24, 2.45) is 0 Å². The van der Waals surface area contributed by atoms with Crippen LogP contribution in [0.25, 0.3) is 27.8 Å². The van der Waals surface area contributed by atoms with Crippen molar-refractivity contribution in [1.82, 2.24) is 38.2 Å². The second kappa shape index (κ2) is 8.28. The van der Waals surface area contributed by atoms with Crippen LogP contribution >= 0.6 is 0 Å². The van der Waals surface area contributed by atoms with Crippen LogP contribution in [-0.4, -0.2) is 65.8 Å². The van der Waals surface area contributed by atoms with Crippen LogP contribution in [0.4, 0.5) is 0 Å². The molecular weight excluding hydrogens is 464 g/mol. The van der Waals surface area contributed by atoms with E-state index >= 15 is 0 Å². The molecule has 0 spiro atoms. The van der Waals surface area contributed by atoms with Gasteiger partial charge in [-0.1, -0.05) is 6.07 Å². The number of nitrogens with zero attached hydrogens (tertiary/aromatic N) is 8. The second-order valence-electron chi connectivity index (χ2n) is 9.22. The summed E-state index contributed by atoms with van der Waals surface area (Å²) in [7, 11) is -3.99. The van der Waals surface area contributed by atoms with E-state index in [1.165, 1.54) is 16.8 Å². The van der Waals surface area contributed by atoms with E-state index < -0.39 is 10.0 Å².